The molecular weight excluding hydrogens is 308 g/mol. The summed E-state index contributed by atoms with van der Waals surface area (Å²) in [5.41, 5.74) is 1.69. The van der Waals surface area contributed by atoms with Gasteiger partial charge in [0.2, 0.25) is 0 Å². The average molecular weight is 326 g/mol. The molecule has 0 saturated carbocycles. The number of nitrogens with zero attached hydrogens (tertiary/aromatic N) is 2. The van der Waals surface area contributed by atoms with Gasteiger partial charge in [0.1, 0.15) is 5.01 Å². The minimum atomic E-state index is -3.40. The molecule has 2 heterocycles. The lowest BCUT2D eigenvalue weighted by Crippen LogP contribution is -2.37. The molecular formula is C13H18N4O2S2. The molecule has 114 valence electrons. The third-order valence-electron chi connectivity index (χ3n) is 2.65. The predicted molar refractivity (Wildman–Crippen MR) is 84.3 cm³/mol. The van der Waals surface area contributed by atoms with Gasteiger partial charge in [0.15, 0.2) is 0 Å². The molecule has 0 bridgehead atoms. The Morgan fingerprint density at radius 3 is 2.76 bits per heavy atom. The number of thiazole rings is 1. The standard InChI is InChI=1S/C13H18N4O2S2/c1-2-7-15-21(18,19)16-9-6-11-10-20-13(17-11)12-5-3-4-8-14-12/h3-5,8,10,15-16H,2,6-7,9H2,1H3. The summed E-state index contributed by atoms with van der Waals surface area (Å²) in [5, 5.41) is 2.77. The second-order valence-corrected chi connectivity index (χ2v) is 6.84. The van der Waals surface area contributed by atoms with Crippen LogP contribution in [-0.4, -0.2) is 31.5 Å². The first-order chi connectivity index (χ1) is 10.1. The van der Waals surface area contributed by atoms with E-state index < -0.39 is 10.2 Å². The summed E-state index contributed by atoms with van der Waals surface area (Å²) in [7, 11) is -3.40. The Hall–Kier alpha value is -1.35. The van der Waals surface area contributed by atoms with Gasteiger partial charge in [-0.1, -0.05) is 13.0 Å². The quantitative estimate of drug-likeness (QED) is 0.771. The molecule has 0 amide bonds. The molecule has 0 unspecified atom stereocenters. The molecule has 0 aliphatic carbocycles. The molecule has 6 nitrogen and oxygen atoms in total. The van der Waals surface area contributed by atoms with E-state index in [1.54, 1.807) is 6.20 Å². The van der Waals surface area contributed by atoms with E-state index in [-0.39, 0.29) is 0 Å². The highest BCUT2D eigenvalue weighted by molar-refractivity contribution is 7.87. The van der Waals surface area contributed by atoms with E-state index in [0.29, 0.717) is 19.5 Å². The van der Waals surface area contributed by atoms with E-state index in [2.05, 4.69) is 19.4 Å². The van der Waals surface area contributed by atoms with Crippen molar-refractivity contribution in [3.05, 3.63) is 35.5 Å². The van der Waals surface area contributed by atoms with Gasteiger partial charge in [0.05, 0.1) is 11.4 Å². The Labute approximate surface area is 128 Å². The smallest absolute Gasteiger partial charge is 0.254 e. The van der Waals surface area contributed by atoms with Crippen molar-refractivity contribution in [2.24, 2.45) is 0 Å². The molecule has 8 heteroatoms. The highest BCUT2D eigenvalue weighted by Crippen LogP contribution is 2.21. The molecule has 2 aromatic rings. The topological polar surface area (TPSA) is 84.0 Å². The minimum absolute atomic E-state index is 0.324. The SMILES string of the molecule is CCCNS(=O)(=O)NCCc1csc(-c2ccccn2)n1. The molecule has 0 aromatic carbocycles. The molecule has 0 fully saturated rings. The van der Waals surface area contributed by atoms with Crippen molar-refractivity contribution in [3.63, 3.8) is 0 Å². The van der Waals surface area contributed by atoms with Gasteiger partial charge in [0.25, 0.3) is 10.2 Å². The summed E-state index contributed by atoms with van der Waals surface area (Å²) in [5.74, 6) is 0. The maximum Gasteiger partial charge on any atom is 0.276 e. The van der Waals surface area contributed by atoms with Gasteiger partial charge in [0, 0.05) is 31.1 Å². The summed E-state index contributed by atoms with van der Waals surface area (Å²) >= 11 is 1.51. The number of pyridine rings is 1. The van der Waals surface area contributed by atoms with E-state index in [0.717, 1.165) is 22.8 Å². The fourth-order valence-corrected chi connectivity index (χ4v) is 3.41. The number of rotatable bonds is 8. The Bertz CT molecular complexity index is 656. The predicted octanol–water partition coefficient (Wildman–Crippen LogP) is 1.58. The lowest BCUT2D eigenvalue weighted by atomic mass is 10.3. The fraction of sp³-hybridized carbons (Fsp3) is 0.385. The molecule has 0 saturated heterocycles. The van der Waals surface area contributed by atoms with Gasteiger partial charge in [-0.05, 0) is 18.6 Å². The maximum absolute atomic E-state index is 11.6. The Balaban J connectivity index is 1.86. The normalized spacial score (nSPS) is 11.7. The molecule has 2 aromatic heterocycles. The van der Waals surface area contributed by atoms with Gasteiger partial charge in [-0.25, -0.2) is 14.4 Å². The molecule has 0 spiro atoms. The summed E-state index contributed by atoms with van der Waals surface area (Å²) in [6.45, 7) is 2.68. The van der Waals surface area contributed by atoms with E-state index >= 15 is 0 Å². The zero-order chi connectivity index (χ0) is 15.1. The number of hydrogen-bond donors (Lipinski definition) is 2. The Morgan fingerprint density at radius 1 is 1.24 bits per heavy atom. The first kappa shape index (κ1) is 16.0. The second kappa shape index (κ2) is 7.60. The second-order valence-electron chi connectivity index (χ2n) is 4.40. The largest absolute Gasteiger partial charge is 0.276 e. The van der Waals surface area contributed by atoms with Crippen molar-refractivity contribution >= 4 is 21.5 Å². The lowest BCUT2D eigenvalue weighted by Gasteiger charge is -2.06. The van der Waals surface area contributed by atoms with Crippen LogP contribution in [0.15, 0.2) is 29.8 Å². The molecule has 0 aliphatic heterocycles. The fourth-order valence-electron chi connectivity index (χ4n) is 1.63. The van der Waals surface area contributed by atoms with Crippen molar-refractivity contribution in [2.45, 2.75) is 19.8 Å². The van der Waals surface area contributed by atoms with E-state index in [9.17, 15) is 8.42 Å². The van der Waals surface area contributed by atoms with Crippen molar-refractivity contribution in [1.29, 1.82) is 0 Å². The summed E-state index contributed by atoms with van der Waals surface area (Å²) in [6.07, 6.45) is 3.04. The van der Waals surface area contributed by atoms with Crippen LogP contribution < -0.4 is 9.44 Å². The summed E-state index contributed by atoms with van der Waals surface area (Å²) in [4.78, 5) is 8.71. The lowest BCUT2D eigenvalue weighted by molar-refractivity contribution is 0.565. The molecule has 0 atom stereocenters. The Morgan fingerprint density at radius 2 is 2.05 bits per heavy atom. The van der Waals surface area contributed by atoms with Gasteiger partial charge in [-0.2, -0.15) is 8.42 Å². The van der Waals surface area contributed by atoms with Crippen molar-refractivity contribution in [2.75, 3.05) is 13.1 Å². The van der Waals surface area contributed by atoms with Crippen LogP contribution in [0.25, 0.3) is 10.7 Å². The number of nitrogens with one attached hydrogen (secondary N) is 2. The Kier molecular flexibility index (Phi) is 5.80. The number of hydrogen-bond acceptors (Lipinski definition) is 5. The summed E-state index contributed by atoms with van der Waals surface area (Å²) < 4.78 is 28.1. The highest BCUT2D eigenvalue weighted by Gasteiger charge is 2.09. The van der Waals surface area contributed by atoms with Crippen LogP contribution in [0, 0.1) is 0 Å². The molecule has 21 heavy (non-hydrogen) atoms. The highest BCUT2D eigenvalue weighted by atomic mass is 32.2. The molecule has 2 rings (SSSR count). The average Bonchev–Trinajstić information content (AvgIpc) is 2.95. The minimum Gasteiger partial charge on any atom is -0.254 e. The van der Waals surface area contributed by atoms with Gasteiger partial charge < -0.3 is 0 Å². The number of aromatic nitrogens is 2. The van der Waals surface area contributed by atoms with Crippen molar-refractivity contribution in [3.8, 4) is 10.7 Å². The summed E-state index contributed by atoms with van der Waals surface area (Å²) in [6, 6.07) is 5.67. The monoisotopic (exact) mass is 326 g/mol. The van der Waals surface area contributed by atoms with Crippen LogP contribution in [-0.2, 0) is 16.6 Å². The van der Waals surface area contributed by atoms with Crippen LogP contribution in [0.2, 0.25) is 0 Å². The van der Waals surface area contributed by atoms with Crippen LogP contribution in [0.3, 0.4) is 0 Å². The van der Waals surface area contributed by atoms with Crippen LogP contribution >= 0.6 is 11.3 Å². The molecule has 2 N–H and O–H groups in total. The van der Waals surface area contributed by atoms with E-state index in [1.165, 1.54) is 11.3 Å². The van der Waals surface area contributed by atoms with E-state index in [4.69, 9.17) is 0 Å². The maximum atomic E-state index is 11.6. The van der Waals surface area contributed by atoms with Gasteiger partial charge in [-0.3, -0.25) is 4.98 Å². The molecule has 0 radical (unpaired) electrons. The zero-order valence-corrected chi connectivity index (χ0v) is 13.4. The van der Waals surface area contributed by atoms with Crippen LogP contribution in [0.1, 0.15) is 19.0 Å². The van der Waals surface area contributed by atoms with Gasteiger partial charge >= 0.3 is 0 Å². The first-order valence-electron chi connectivity index (χ1n) is 6.71. The van der Waals surface area contributed by atoms with Gasteiger partial charge in [-0.15, -0.1) is 11.3 Å². The van der Waals surface area contributed by atoms with E-state index in [1.807, 2.05) is 30.5 Å². The molecule has 0 aliphatic rings. The van der Waals surface area contributed by atoms with Crippen molar-refractivity contribution < 1.29 is 8.42 Å². The third-order valence-corrected chi connectivity index (χ3v) is 4.73. The van der Waals surface area contributed by atoms with Crippen molar-refractivity contribution in [1.82, 2.24) is 19.4 Å². The zero-order valence-electron chi connectivity index (χ0n) is 11.7. The third kappa shape index (κ3) is 5.16. The van der Waals surface area contributed by atoms with Crippen LogP contribution in [0.4, 0.5) is 0 Å². The van der Waals surface area contributed by atoms with Crippen LogP contribution in [0.5, 0.6) is 0 Å². The first-order valence-corrected chi connectivity index (χ1v) is 9.07.